The van der Waals surface area contributed by atoms with Crippen LogP contribution in [0.25, 0.3) is 0 Å². The summed E-state index contributed by atoms with van der Waals surface area (Å²) in [5.41, 5.74) is 0.702. The first-order valence-electron chi connectivity index (χ1n) is 13.0. The van der Waals surface area contributed by atoms with Crippen LogP contribution >= 0.6 is 0 Å². The summed E-state index contributed by atoms with van der Waals surface area (Å²) >= 11 is 0. The number of hydrogen-bond donors (Lipinski definition) is 1. The van der Waals surface area contributed by atoms with Crippen LogP contribution in [-0.4, -0.2) is 49.7 Å². The zero-order chi connectivity index (χ0) is 28.1. The van der Waals surface area contributed by atoms with E-state index in [9.17, 15) is 9.59 Å². The van der Waals surface area contributed by atoms with Crippen LogP contribution in [0.3, 0.4) is 0 Å². The molecule has 0 spiro atoms. The van der Waals surface area contributed by atoms with Crippen molar-refractivity contribution in [2.75, 3.05) is 27.9 Å². The largest absolute Gasteiger partial charge is 0.497 e. The number of H-pyrrole nitrogens is 1. The molecule has 4 aromatic rings. The van der Waals surface area contributed by atoms with Gasteiger partial charge in [0.2, 0.25) is 0 Å². The zero-order valence-electron chi connectivity index (χ0n) is 22.6. The summed E-state index contributed by atoms with van der Waals surface area (Å²) in [5.74, 6) is 1.47. The smallest absolute Gasteiger partial charge is 0.330 e. The Balaban J connectivity index is 1.54. The van der Waals surface area contributed by atoms with Crippen molar-refractivity contribution < 1.29 is 23.7 Å². The number of benzene rings is 3. The van der Waals surface area contributed by atoms with E-state index in [1.54, 1.807) is 21.3 Å². The summed E-state index contributed by atoms with van der Waals surface area (Å²) in [6.07, 6.45) is 0.391. The topological polar surface area (TPSA) is 101 Å². The number of methoxy groups -OCH3 is 3. The van der Waals surface area contributed by atoms with Crippen molar-refractivity contribution >= 4 is 0 Å². The van der Waals surface area contributed by atoms with Gasteiger partial charge < -0.3 is 23.7 Å². The van der Waals surface area contributed by atoms with E-state index in [1.807, 2.05) is 78.9 Å². The van der Waals surface area contributed by atoms with E-state index in [4.69, 9.17) is 23.7 Å². The van der Waals surface area contributed by atoms with E-state index in [-0.39, 0.29) is 6.61 Å². The number of nitrogens with zero attached hydrogens (tertiary/aromatic N) is 1. The molecule has 0 bridgehead atoms. The van der Waals surface area contributed by atoms with Gasteiger partial charge in [-0.15, -0.1) is 0 Å². The molecule has 9 heteroatoms. The number of rotatable bonds is 10. The van der Waals surface area contributed by atoms with Gasteiger partial charge in [0.15, 0.2) is 6.23 Å². The summed E-state index contributed by atoms with van der Waals surface area (Å²) in [6, 6.07) is 26.9. The van der Waals surface area contributed by atoms with Crippen molar-refractivity contribution in [2.45, 2.75) is 30.5 Å². The predicted molar refractivity (Wildman–Crippen MR) is 149 cm³/mol. The van der Waals surface area contributed by atoms with Gasteiger partial charge in [0.1, 0.15) is 23.2 Å². The first-order chi connectivity index (χ1) is 19.5. The molecule has 1 unspecified atom stereocenters. The number of aromatic amines is 1. The molecule has 1 aliphatic heterocycles. The number of ether oxygens (including phenoxy) is 5. The normalized spacial score (nSPS) is 18.9. The third-order valence-electron chi connectivity index (χ3n) is 7.23. The second kappa shape index (κ2) is 11.9. The van der Waals surface area contributed by atoms with Crippen molar-refractivity contribution in [3.63, 3.8) is 0 Å². The van der Waals surface area contributed by atoms with Gasteiger partial charge in [-0.3, -0.25) is 14.3 Å². The molecule has 3 atom stereocenters. The van der Waals surface area contributed by atoms with E-state index in [2.05, 4.69) is 4.98 Å². The molecule has 0 saturated carbocycles. The summed E-state index contributed by atoms with van der Waals surface area (Å²) in [6.45, 7) is 0.196. The van der Waals surface area contributed by atoms with Crippen LogP contribution in [0.1, 0.15) is 29.3 Å². The van der Waals surface area contributed by atoms with Crippen LogP contribution in [0, 0.1) is 0 Å². The molecule has 9 nitrogen and oxygen atoms in total. The van der Waals surface area contributed by atoms with Crippen LogP contribution in [0.5, 0.6) is 11.5 Å². The van der Waals surface area contributed by atoms with Gasteiger partial charge in [0, 0.05) is 25.8 Å². The number of nitrogens with one attached hydrogen (secondary N) is 1. The zero-order valence-corrected chi connectivity index (χ0v) is 22.6. The molecular weight excluding hydrogens is 512 g/mol. The van der Waals surface area contributed by atoms with E-state index < -0.39 is 35.3 Å². The van der Waals surface area contributed by atoms with Gasteiger partial charge >= 0.3 is 5.69 Å². The number of aromatic nitrogens is 2. The molecule has 1 fully saturated rings. The molecule has 3 aromatic carbocycles. The molecule has 0 aliphatic carbocycles. The highest BCUT2D eigenvalue weighted by atomic mass is 16.6. The minimum absolute atomic E-state index is 0.196. The minimum atomic E-state index is -1.00. The Morgan fingerprint density at radius 2 is 1.40 bits per heavy atom. The van der Waals surface area contributed by atoms with Crippen molar-refractivity contribution in [3.8, 4) is 11.5 Å². The van der Waals surface area contributed by atoms with Crippen LogP contribution in [0.4, 0.5) is 0 Å². The Kier molecular flexibility index (Phi) is 8.16. The van der Waals surface area contributed by atoms with Gasteiger partial charge in [-0.25, -0.2) is 4.79 Å². The maximum Gasteiger partial charge on any atom is 0.330 e. The van der Waals surface area contributed by atoms with Crippen molar-refractivity contribution in [1.29, 1.82) is 0 Å². The lowest BCUT2D eigenvalue weighted by molar-refractivity contribution is -0.0912. The van der Waals surface area contributed by atoms with E-state index in [0.29, 0.717) is 6.42 Å². The highest BCUT2D eigenvalue weighted by Gasteiger charge is 2.42. The third kappa shape index (κ3) is 5.31. The molecule has 40 heavy (non-hydrogen) atoms. The Labute approximate surface area is 231 Å². The van der Waals surface area contributed by atoms with Gasteiger partial charge in [0.25, 0.3) is 5.56 Å². The average Bonchev–Trinajstić information content (AvgIpc) is 3.41. The molecule has 0 radical (unpaired) electrons. The van der Waals surface area contributed by atoms with Crippen LogP contribution < -0.4 is 20.7 Å². The third-order valence-corrected chi connectivity index (χ3v) is 7.23. The van der Waals surface area contributed by atoms with Gasteiger partial charge in [-0.1, -0.05) is 54.6 Å². The predicted octanol–water partition coefficient (Wildman–Crippen LogP) is 3.87. The monoisotopic (exact) mass is 544 g/mol. The Morgan fingerprint density at radius 1 is 0.825 bits per heavy atom. The fraction of sp³-hybridized carbons (Fsp3) is 0.290. The summed E-state index contributed by atoms with van der Waals surface area (Å²) in [4.78, 5) is 26.4. The highest BCUT2D eigenvalue weighted by Crippen LogP contribution is 2.42. The van der Waals surface area contributed by atoms with Gasteiger partial charge in [0.05, 0.1) is 26.9 Å². The molecule has 1 aromatic heterocycles. The minimum Gasteiger partial charge on any atom is -0.497 e. The second-order valence-electron chi connectivity index (χ2n) is 9.49. The van der Waals surface area contributed by atoms with Crippen LogP contribution in [0.2, 0.25) is 0 Å². The lowest BCUT2D eigenvalue weighted by Gasteiger charge is -2.37. The summed E-state index contributed by atoms with van der Waals surface area (Å²) in [5, 5.41) is 0. The Morgan fingerprint density at radius 3 is 1.93 bits per heavy atom. The Hall–Kier alpha value is -4.18. The molecule has 208 valence electrons. The molecule has 1 saturated heterocycles. The van der Waals surface area contributed by atoms with E-state index in [1.165, 1.54) is 16.8 Å². The standard InChI is InChI=1S/C31H32N2O7/c1-36-24-13-9-22(10-14-24)31(21-7-5-4-6-8-21,23-11-15-25(37-2)16-12-23)39-20-26-19-27(38-3)29(40-26)33-18-17-28(34)32-30(33)35/h4-18,26-27,29H,19-20H2,1-3H3,(H,32,34,35)/t26-,27?,29+/m0/s1. The van der Waals surface area contributed by atoms with Crippen molar-refractivity contribution in [1.82, 2.24) is 9.55 Å². The van der Waals surface area contributed by atoms with E-state index in [0.717, 1.165) is 28.2 Å². The molecule has 0 amide bonds. The number of hydrogen-bond acceptors (Lipinski definition) is 7. The van der Waals surface area contributed by atoms with Crippen LogP contribution in [-0.2, 0) is 19.8 Å². The second-order valence-corrected chi connectivity index (χ2v) is 9.49. The van der Waals surface area contributed by atoms with Crippen molar-refractivity contribution in [3.05, 3.63) is 129 Å². The Bertz CT molecular complexity index is 1470. The van der Waals surface area contributed by atoms with E-state index >= 15 is 0 Å². The average molecular weight is 545 g/mol. The maximum atomic E-state index is 12.5. The van der Waals surface area contributed by atoms with Gasteiger partial charge in [-0.2, -0.15) is 0 Å². The fourth-order valence-corrected chi connectivity index (χ4v) is 5.20. The van der Waals surface area contributed by atoms with Crippen molar-refractivity contribution in [2.24, 2.45) is 0 Å². The molecule has 5 rings (SSSR count). The molecule has 1 aliphatic rings. The quantitative estimate of drug-likeness (QED) is 0.303. The molecule has 2 heterocycles. The van der Waals surface area contributed by atoms with Crippen LogP contribution in [0.15, 0.2) is 101 Å². The molecular formula is C31H32N2O7. The first-order valence-corrected chi connectivity index (χ1v) is 13.0. The van der Waals surface area contributed by atoms with Gasteiger partial charge in [-0.05, 0) is 41.0 Å². The lowest BCUT2D eigenvalue weighted by atomic mass is 9.80. The highest BCUT2D eigenvalue weighted by molar-refractivity contribution is 5.49. The molecule has 1 N–H and O–H groups in total. The summed E-state index contributed by atoms with van der Waals surface area (Å²) in [7, 11) is 4.84. The first kappa shape index (κ1) is 27.4. The lowest BCUT2D eigenvalue weighted by Crippen LogP contribution is -2.36. The summed E-state index contributed by atoms with van der Waals surface area (Å²) < 4.78 is 31.1. The fourth-order valence-electron chi connectivity index (χ4n) is 5.20. The SMILES string of the molecule is COc1ccc(C(OC[C@@H]2CC(OC)[C@H](n3ccc(=O)[nH]c3=O)O2)(c2ccccc2)c2ccc(OC)cc2)cc1. The maximum absolute atomic E-state index is 12.5.